The summed E-state index contributed by atoms with van der Waals surface area (Å²) in [5.74, 6) is -1.31. The lowest BCUT2D eigenvalue weighted by Crippen LogP contribution is -2.41. The second kappa shape index (κ2) is 12.9. The number of carbonyl (C=O) groups excluding carboxylic acids is 4. The van der Waals surface area contributed by atoms with E-state index in [-0.39, 0.29) is 45.9 Å². The molecule has 0 aliphatic carbocycles. The number of hydrogen-bond donors (Lipinski definition) is 2. The molecule has 0 saturated heterocycles. The molecule has 1 atom stereocenters. The van der Waals surface area contributed by atoms with Gasteiger partial charge in [0.1, 0.15) is 17.6 Å². The fraction of sp³-hybridized carbons (Fsp3) is 0.231. The smallest absolute Gasteiger partial charge is 0.408 e. The number of aryl methyl sites for hydroxylation is 1. The summed E-state index contributed by atoms with van der Waals surface area (Å²) < 4.78 is 9.84. The van der Waals surface area contributed by atoms with E-state index >= 15 is 0 Å². The molecule has 0 radical (unpaired) electrons. The van der Waals surface area contributed by atoms with Crippen LogP contribution in [0.4, 0.5) is 9.80 Å². The van der Waals surface area contributed by atoms with Crippen molar-refractivity contribution in [2.45, 2.75) is 32.4 Å². The molecule has 2 amide bonds. The summed E-state index contributed by atoms with van der Waals surface area (Å²) in [5, 5.41) is 5.75. The number of esters is 1. The number of alkyl carbamates (subject to hydrolysis) is 1. The van der Waals surface area contributed by atoms with Gasteiger partial charge in [-0.25, -0.2) is 4.79 Å². The van der Waals surface area contributed by atoms with Crippen LogP contribution in [0.15, 0.2) is 60.7 Å². The van der Waals surface area contributed by atoms with E-state index in [0.717, 1.165) is 5.56 Å². The second-order valence-corrected chi connectivity index (χ2v) is 9.30. The van der Waals surface area contributed by atoms with E-state index in [1.54, 1.807) is 30.3 Å². The van der Waals surface area contributed by atoms with Crippen LogP contribution in [0.3, 0.4) is 0 Å². The van der Waals surface area contributed by atoms with E-state index in [0.29, 0.717) is 11.3 Å². The first kappa shape index (κ1) is 26.9. The quantitative estimate of drug-likeness (QED) is 0.283. The topological polar surface area (TPSA) is 111 Å². The summed E-state index contributed by atoms with van der Waals surface area (Å²) in [4.78, 5) is 50.5. The summed E-state index contributed by atoms with van der Waals surface area (Å²) in [7, 11) is 1.30. The van der Waals surface area contributed by atoms with Gasteiger partial charge in [-0.1, -0.05) is 54.1 Å². The van der Waals surface area contributed by atoms with Gasteiger partial charge in [-0.15, -0.1) is 11.3 Å². The van der Waals surface area contributed by atoms with Crippen LogP contribution in [-0.2, 0) is 32.1 Å². The Morgan fingerprint density at radius 1 is 1.00 bits per heavy atom. The van der Waals surface area contributed by atoms with Crippen molar-refractivity contribution in [1.29, 1.82) is 0 Å². The first-order chi connectivity index (χ1) is 17.3. The SMILES string of the molecule is COC(=O)CCc1cc(C(=O)c2ccccc2Cl)c(NC(=O)C(C)NC(=O)OCc2ccccc2)s1. The number of hydrogen-bond acceptors (Lipinski definition) is 7. The number of anilines is 1. The molecule has 0 aliphatic heterocycles. The van der Waals surface area contributed by atoms with E-state index in [1.807, 2.05) is 30.3 Å². The third-order valence-electron chi connectivity index (χ3n) is 5.13. The highest BCUT2D eigenvalue weighted by Gasteiger charge is 2.24. The highest BCUT2D eigenvalue weighted by molar-refractivity contribution is 7.16. The van der Waals surface area contributed by atoms with Gasteiger partial charge in [-0.05, 0) is 37.1 Å². The number of ether oxygens (including phenoxy) is 2. The summed E-state index contributed by atoms with van der Waals surface area (Å²) in [5.41, 5.74) is 1.33. The van der Waals surface area contributed by atoms with Gasteiger partial charge in [0, 0.05) is 10.4 Å². The molecule has 188 valence electrons. The van der Waals surface area contributed by atoms with Crippen LogP contribution in [0.2, 0.25) is 5.02 Å². The number of carbonyl (C=O) groups is 4. The minimum Gasteiger partial charge on any atom is -0.469 e. The van der Waals surface area contributed by atoms with Gasteiger partial charge in [0.15, 0.2) is 5.78 Å². The zero-order valence-electron chi connectivity index (χ0n) is 19.7. The van der Waals surface area contributed by atoms with Crippen LogP contribution in [0.1, 0.15) is 39.7 Å². The largest absolute Gasteiger partial charge is 0.469 e. The molecule has 0 saturated carbocycles. The number of ketones is 1. The number of nitrogens with one attached hydrogen (secondary N) is 2. The third-order valence-corrected chi connectivity index (χ3v) is 6.57. The van der Waals surface area contributed by atoms with Crippen LogP contribution in [0, 0.1) is 0 Å². The zero-order chi connectivity index (χ0) is 26.1. The summed E-state index contributed by atoms with van der Waals surface area (Å²) in [6.07, 6.45) is -0.302. The molecule has 1 heterocycles. The van der Waals surface area contributed by atoms with Crippen molar-refractivity contribution >= 4 is 51.7 Å². The Labute approximate surface area is 217 Å². The molecule has 8 nitrogen and oxygen atoms in total. The van der Waals surface area contributed by atoms with E-state index in [2.05, 4.69) is 15.4 Å². The Morgan fingerprint density at radius 2 is 1.69 bits per heavy atom. The first-order valence-corrected chi connectivity index (χ1v) is 12.2. The van der Waals surface area contributed by atoms with E-state index in [1.165, 1.54) is 25.4 Å². The Kier molecular flexibility index (Phi) is 9.61. The highest BCUT2D eigenvalue weighted by Crippen LogP contribution is 2.32. The predicted molar refractivity (Wildman–Crippen MR) is 137 cm³/mol. The lowest BCUT2D eigenvalue weighted by atomic mass is 10.0. The molecule has 0 spiro atoms. The van der Waals surface area contributed by atoms with Crippen LogP contribution >= 0.6 is 22.9 Å². The van der Waals surface area contributed by atoms with Gasteiger partial charge in [0.05, 0.1) is 24.1 Å². The highest BCUT2D eigenvalue weighted by atomic mass is 35.5. The first-order valence-electron chi connectivity index (χ1n) is 11.0. The minimum atomic E-state index is -0.947. The van der Waals surface area contributed by atoms with Crippen LogP contribution in [0.25, 0.3) is 0 Å². The molecule has 0 fully saturated rings. The molecular formula is C26H25ClN2O6S. The molecule has 1 unspecified atom stereocenters. The molecule has 1 aromatic heterocycles. The molecule has 2 N–H and O–H groups in total. The maximum absolute atomic E-state index is 13.2. The molecule has 3 rings (SSSR count). The normalized spacial score (nSPS) is 11.3. The van der Waals surface area contributed by atoms with Crippen molar-refractivity contribution in [3.63, 3.8) is 0 Å². The second-order valence-electron chi connectivity index (χ2n) is 7.76. The molecular weight excluding hydrogens is 504 g/mol. The van der Waals surface area contributed by atoms with Crippen LogP contribution in [0.5, 0.6) is 0 Å². The molecule has 10 heteroatoms. The maximum Gasteiger partial charge on any atom is 0.408 e. The standard InChI is InChI=1S/C26H25ClN2O6S/c1-16(28-26(33)35-15-17-8-4-3-5-9-17)24(32)29-25-20(14-18(36-25)12-13-22(30)34-2)23(31)19-10-6-7-11-21(19)27/h3-11,14,16H,12-13,15H2,1-2H3,(H,28,33)(H,29,32). The van der Waals surface area contributed by atoms with Crippen molar-refractivity contribution < 1.29 is 28.7 Å². The van der Waals surface area contributed by atoms with Gasteiger partial charge >= 0.3 is 12.1 Å². The molecule has 0 bridgehead atoms. The van der Waals surface area contributed by atoms with E-state index < -0.39 is 18.0 Å². The lowest BCUT2D eigenvalue weighted by molar-refractivity contribution is -0.140. The van der Waals surface area contributed by atoms with Crippen molar-refractivity contribution in [2.24, 2.45) is 0 Å². The number of halogens is 1. The molecule has 2 aromatic carbocycles. The van der Waals surface area contributed by atoms with Crippen molar-refractivity contribution in [1.82, 2.24) is 5.32 Å². The lowest BCUT2D eigenvalue weighted by Gasteiger charge is -2.14. The van der Waals surface area contributed by atoms with Crippen molar-refractivity contribution in [3.8, 4) is 0 Å². The van der Waals surface area contributed by atoms with Gasteiger partial charge in [0.2, 0.25) is 5.91 Å². The van der Waals surface area contributed by atoms with Crippen molar-refractivity contribution in [2.75, 3.05) is 12.4 Å². The fourth-order valence-electron chi connectivity index (χ4n) is 3.17. The average Bonchev–Trinajstić information content (AvgIpc) is 3.28. The Balaban J connectivity index is 1.71. The summed E-state index contributed by atoms with van der Waals surface area (Å²) in [6, 6.07) is 16.4. The average molecular weight is 529 g/mol. The summed E-state index contributed by atoms with van der Waals surface area (Å²) >= 11 is 7.38. The predicted octanol–water partition coefficient (Wildman–Crippen LogP) is 4.99. The Morgan fingerprint density at radius 3 is 2.39 bits per heavy atom. The fourth-order valence-corrected chi connectivity index (χ4v) is 4.45. The van der Waals surface area contributed by atoms with Gasteiger partial charge in [-0.3, -0.25) is 14.4 Å². The molecule has 0 aliphatic rings. The van der Waals surface area contributed by atoms with Crippen LogP contribution in [-0.4, -0.2) is 36.9 Å². The number of thiophene rings is 1. The Bertz CT molecular complexity index is 1240. The van der Waals surface area contributed by atoms with Gasteiger partial charge in [0.25, 0.3) is 0 Å². The molecule has 36 heavy (non-hydrogen) atoms. The van der Waals surface area contributed by atoms with Gasteiger partial charge < -0.3 is 20.1 Å². The number of amides is 2. The number of rotatable bonds is 10. The molecule has 3 aromatic rings. The van der Waals surface area contributed by atoms with Gasteiger partial charge in [-0.2, -0.15) is 0 Å². The monoisotopic (exact) mass is 528 g/mol. The van der Waals surface area contributed by atoms with Crippen molar-refractivity contribution in [3.05, 3.63) is 87.3 Å². The minimum absolute atomic E-state index is 0.0615. The Hall–Kier alpha value is -3.69. The van der Waals surface area contributed by atoms with E-state index in [9.17, 15) is 19.2 Å². The summed E-state index contributed by atoms with van der Waals surface area (Å²) in [6.45, 7) is 1.56. The maximum atomic E-state index is 13.2. The third kappa shape index (κ3) is 7.40. The number of methoxy groups -OCH3 is 1. The van der Waals surface area contributed by atoms with E-state index in [4.69, 9.17) is 16.3 Å². The zero-order valence-corrected chi connectivity index (χ0v) is 21.3. The number of benzene rings is 2. The van der Waals surface area contributed by atoms with Crippen LogP contribution < -0.4 is 10.6 Å².